The van der Waals surface area contributed by atoms with Crippen LogP contribution >= 0.6 is 11.3 Å². The zero-order valence-electron chi connectivity index (χ0n) is 29.6. The third-order valence-electron chi connectivity index (χ3n) is 10.3. The number of alkyl halides is 3. The highest BCUT2D eigenvalue weighted by molar-refractivity contribution is 7.89. The molecule has 1 aromatic carbocycles. The third-order valence-corrected chi connectivity index (χ3v) is 12.7. The number of aromatic nitrogens is 3. The Morgan fingerprint density at radius 2 is 1.72 bits per heavy atom. The molecule has 15 heteroatoms. The molecule has 2 aliphatic rings. The van der Waals surface area contributed by atoms with Crippen LogP contribution in [0.5, 0.6) is 0 Å². The second-order valence-electron chi connectivity index (χ2n) is 13.9. The number of hydrogen-bond acceptors (Lipinski definition) is 9. The maximum absolute atomic E-state index is 13.1. The van der Waals surface area contributed by atoms with E-state index in [0.717, 1.165) is 76.5 Å². The third kappa shape index (κ3) is 8.61. The summed E-state index contributed by atoms with van der Waals surface area (Å²) in [6.07, 6.45) is -2.76. The number of piperidine rings is 1. The van der Waals surface area contributed by atoms with Gasteiger partial charge in [-0.1, -0.05) is 13.0 Å². The number of hydrogen-bond donors (Lipinski definition) is 2. The van der Waals surface area contributed by atoms with Gasteiger partial charge in [-0.3, -0.25) is 14.7 Å². The van der Waals surface area contributed by atoms with Gasteiger partial charge in [-0.25, -0.2) is 23.1 Å². The number of rotatable bonds is 12. The lowest BCUT2D eigenvalue weighted by atomic mass is 10.0. The molecule has 0 radical (unpaired) electrons. The molecule has 1 atom stereocenters. The number of halogens is 3. The first-order chi connectivity index (χ1) is 23.7. The Bertz CT molecular complexity index is 1910. The molecule has 50 heavy (non-hydrogen) atoms. The molecule has 0 amide bonds. The van der Waals surface area contributed by atoms with Gasteiger partial charge in [-0.05, 0) is 70.0 Å². The van der Waals surface area contributed by atoms with Gasteiger partial charge in [0.15, 0.2) is 0 Å². The lowest BCUT2D eigenvalue weighted by Crippen LogP contribution is -2.52. The van der Waals surface area contributed by atoms with Crippen molar-refractivity contribution in [2.45, 2.75) is 84.7 Å². The summed E-state index contributed by atoms with van der Waals surface area (Å²) in [7, 11) is -1.79. The smallest absolute Gasteiger partial charge is 0.367 e. The van der Waals surface area contributed by atoms with Crippen molar-refractivity contribution in [1.82, 2.24) is 34.0 Å². The number of sulfonamides is 1. The number of likely N-dealkylation sites (tertiary alicyclic amines) is 1. The SMILES string of the molecule is CCc1nc(NC2CCN(Cc3ccc4c(cc(C)n4C[C@H](C)N4CCN(CS(=O)(=O)NC)CC4)c3C)CC2)c2cc(CC(F)(F)F)sc2n1. The second-order valence-corrected chi connectivity index (χ2v) is 16.9. The molecule has 0 spiro atoms. The molecule has 3 aromatic heterocycles. The number of aryl methyl sites for hydroxylation is 3. The van der Waals surface area contributed by atoms with Crippen LogP contribution in [0.2, 0.25) is 0 Å². The van der Waals surface area contributed by atoms with E-state index in [4.69, 9.17) is 0 Å². The van der Waals surface area contributed by atoms with Crippen molar-refractivity contribution in [3.05, 3.63) is 51.8 Å². The first kappa shape index (κ1) is 37.0. The number of benzene rings is 1. The molecule has 2 fully saturated rings. The van der Waals surface area contributed by atoms with Gasteiger partial charge in [0.1, 0.15) is 22.3 Å². The highest BCUT2D eigenvalue weighted by Crippen LogP contribution is 2.34. The van der Waals surface area contributed by atoms with Crippen LogP contribution in [0.15, 0.2) is 24.3 Å². The molecule has 0 saturated carbocycles. The van der Waals surface area contributed by atoms with Crippen molar-refractivity contribution < 1.29 is 21.6 Å². The first-order valence-electron chi connectivity index (χ1n) is 17.5. The summed E-state index contributed by atoms with van der Waals surface area (Å²) in [5.41, 5.74) is 5.10. The van der Waals surface area contributed by atoms with Crippen molar-refractivity contribution in [1.29, 1.82) is 0 Å². The summed E-state index contributed by atoms with van der Waals surface area (Å²) < 4.78 is 68.1. The maximum Gasteiger partial charge on any atom is 0.393 e. The van der Waals surface area contributed by atoms with Crippen molar-refractivity contribution >= 4 is 48.3 Å². The summed E-state index contributed by atoms with van der Waals surface area (Å²) >= 11 is 1.10. The van der Waals surface area contributed by atoms with E-state index in [1.54, 1.807) is 6.07 Å². The Balaban J connectivity index is 1.06. The average Bonchev–Trinajstić information content (AvgIpc) is 3.62. The summed E-state index contributed by atoms with van der Waals surface area (Å²) in [5.74, 6) is 1.33. The van der Waals surface area contributed by atoms with Gasteiger partial charge in [0.2, 0.25) is 10.0 Å². The van der Waals surface area contributed by atoms with Crippen LogP contribution < -0.4 is 10.0 Å². The average molecular weight is 735 g/mol. The number of fused-ring (bicyclic) bond motifs is 2. The van der Waals surface area contributed by atoms with Gasteiger partial charge in [0.25, 0.3) is 0 Å². The molecule has 0 bridgehead atoms. The van der Waals surface area contributed by atoms with Crippen LogP contribution in [0.25, 0.3) is 21.1 Å². The Hall–Kier alpha value is -2.82. The molecular formula is C35H49F3N8O2S2. The summed E-state index contributed by atoms with van der Waals surface area (Å²) in [6.45, 7) is 15.3. The second kappa shape index (κ2) is 15.0. The lowest BCUT2D eigenvalue weighted by molar-refractivity contribution is -0.126. The minimum Gasteiger partial charge on any atom is -0.367 e. The lowest BCUT2D eigenvalue weighted by Gasteiger charge is -2.38. The minimum atomic E-state index is -4.26. The molecule has 4 aromatic rings. The van der Waals surface area contributed by atoms with Crippen molar-refractivity contribution in [2.24, 2.45) is 0 Å². The highest BCUT2D eigenvalue weighted by atomic mass is 32.2. The van der Waals surface area contributed by atoms with Gasteiger partial charge in [0, 0.05) is 92.3 Å². The standard InChI is InChI=1S/C35H49F3N8O2S2/c1-6-32-41-33(30-18-28(19-35(36,37)38)49-34(30)42-32)40-27-9-11-43(12-10-27)21-26-7-8-31-29(25(26)4)17-23(2)46(31)20-24(3)45-15-13-44(14-16-45)22-50(47,48)39-5/h7-8,17-18,24,27,39H,6,9-16,19-22H2,1-5H3,(H,40,41,42)/t24-/m0/s1. The van der Waals surface area contributed by atoms with E-state index in [1.165, 1.54) is 34.8 Å². The molecular weight excluding hydrogens is 686 g/mol. The van der Waals surface area contributed by atoms with E-state index in [0.29, 0.717) is 34.3 Å². The fourth-order valence-corrected chi connectivity index (χ4v) is 9.27. The van der Waals surface area contributed by atoms with E-state index in [-0.39, 0.29) is 16.8 Å². The number of piperazine rings is 1. The van der Waals surface area contributed by atoms with Gasteiger partial charge in [-0.2, -0.15) is 13.2 Å². The van der Waals surface area contributed by atoms with Crippen LogP contribution in [-0.4, -0.2) is 108 Å². The van der Waals surface area contributed by atoms with Crippen LogP contribution in [0, 0.1) is 13.8 Å². The summed E-state index contributed by atoms with van der Waals surface area (Å²) in [6, 6.07) is 8.93. The van der Waals surface area contributed by atoms with Gasteiger partial charge >= 0.3 is 6.18 Å². The van der Waals surface area contributed by atoms with Gasteiger partial charge < -0.3 is 9.88 Å². The Morgan fingerprint density at radius 3 is 2.38 bits per heavy atom. The summed E-state index contributed by atoms with van der Waals surface area (Å²) in [4.78, 5) is 17.0. The molecule has 2 saturated heterocycles. The molecule has 274 valence electrons. The number of thiophene rings is 1. The molecule has 6 rings (SSSR count). The van der Waals surface area contributed by atoms with Crippen molar-refractivity contribution in [3.8, 4) is 0 Å². The van der Waals surface area contributed by atoms with E-state index < -0.39 is 22.6 Å². The maximum atomic E-state index is 13.1. The topological polar surface area (TPSA) is 98.6 Å². The van der Waals surface area contributed by atoms with Crippen molar-refractivity contribution in [3.63, 3.8) is 0 Å². The molecule has 10 nitrogen and oxygen atoms in total. The van der Waals surface area contributed by atoms with E-state index in [9.17, 15) is 21.6 Å². The predicted octanol–water partition coefficient (Wildman–Crippen LogP) is 5.52. The molecule has 2 aliphatic heterocycles. The number of anilines is 1. The number of nitrogens with zero attached hydrogens (tertiary/aromatic N) is 6. The fraction of sp³-hybridized carbons (Fsp3) is 0.600. The van der Waals surface area contributed by atoms with Crippen LogP contribution in [0.1, 0.15) is 54.2 Å². The van der Waals surface area contributed by atoms with Crippen molar-refractivity contribution in [2.75, 3.05) is 57.5 Å². The molecule has 5 heterocycles. The zero-order valence-corrected chi connectivity index (χ0v) is 31.2. The highest BCUT2D eigenvalue weighted by Gasteiger charge is 2.30. The largest absolute Gasteiger partial charge is 0.393 e. The zero-order chi connectivity index (χ0) is 35.8. The van der Waals surface area contributed by atoms with E-state index in [2.05, 4.69) is 73.3 Å². The Labute approximate surface area is 297 Å². The number of nitrogens with one attached hydrogen (secondary N) is 2. The summed E-state index contributed by atoms with van der Waals surface area (Å²) in [5, 5.41) is 5.53. The van der Waals surface area contributed by atoms with Gasteiger partial charge in [0.05, 0.1) is 11.8 Å². The Morgan fingerprint density at radius 1 is 1.00 bits per heavy atom. The van der Waals surface area contributed by atoms with Crippen LogP contribution in [-0.2, 0) is 36.0 Å². The van der Waals surface area contributed by atoms with Crippen LogP contribution in [0.4, 0.5) is 19.0 Å². The normalized spacial score (nSPS) is 18.4. The predicted molar refractivity (Wildman–Crippen MR) is 195 cm³/mol. The monoisotopic (exact) mass is 734 g/mol. The molecule has 0 aliphatic carbocycles. The van der Waals surface area contributed by atoms with E-state index in [1.807, 2.05) is 11.8 Å². The van der Waals surface area contributed by atoms with Gasteiger partial charge in [-0.15, -0.1) is 11.3 Å². The fourth-order valence-electron chi connectivity index (χ4n) is 7.32. The quantitative estimate of drug-likeness (QED) is 0.197. The van der Waals surface area contributed by atoms with E-state index >= 15 is 0 Å². The molecule has 0 unspecified atom stereocenters. The minimum absolute atomic E-state index is 0.0445. The first-order valence-corrected chi connectivity index (χ1v) is 20.0. The van der Waals surface area contributed by atoms with Crippen LogP contribution in [0.3, 0.4) is 0 Å². The Kier molecular flexibility index (Phi) is 11.1. The molecule has 2 N–H and O–H groups in total.